The molecule has 3 rings (SSSR count). The van der Waals surface area contributed by atoms with Gasteiger partial charge in [0.15, 0.2) is 0 Å². The van der Waals surface area contributed by atoms with Gasteiger partial charge in [-0.3, -0.25) is 0 Å². The summed E-state index contributed by atoms with van der Waals surface area (Å²) in [7, 11) is 0. The fourth-order valence-corrected chi connectivity index (χ4v) is 3.38. The molecule has 0 spiro atoms. The molecule has 0 amide bonds. The molecule has 5 atom stereocenters. The van der Waals surface area contributed by atoms with Crippen LogP contribution in [0.4, 0.5) is 0 Å². The van der Waals surface area contributed by atoms with Crippen LogP contribution in [0, 0.1) is 5.92 Å². The Morgan fingerprint density at radius 1 is 0.680 bits per heavy atom. The van der Waals surface area contributed by atoms with Crippen LogP contribution in [-0.4, -0.2) is 24.4 Å². The maximum Gasteiger partial charge on any atom is 0.110 e. The van der Waals surface area contributed by atoms with E-state index >= 15 is 0 Å². The first-order chi connectivity index (χ1) is 12.1. The van der Waals surface area contributed by atoms with E-state index in [0.29, 0.717) is 13.2 Å². The molecule has 1 heterocycles. The first-order valence-corrected chi connectivity index (χ1v) is 9.11. The molecule has 1 aliphatic rings. The van der Waals surface area contributed by atoms with Crippen molar-refractivity contribution in [3.05, 3.63) is 71.8 Å². The van der Waals surface area contributed by atoms with Crippen LogP contribution in [0.2, 0.25) is 0 Å². The summed E-state index contributed by atoms with van der Waals surface area (Å²) in [6.45, 7) is 7.56. The zero-order valence-electron chi connectivity index (χ0n) is 15.3. The topological polar surface area (TPSA) is 27.7 Å². The van der Waals surface area contributed by atoms with Crippen molar-refractivity contribution >= 4 is 0 Å². The third kappa shape index (κ3) is 4.69. The van der Waals surface area contributed by atoms with Crippen LogP contribution >= 0.6 is 0 Å². The molecule has 2 aromatic carbocycles. The molecule has 3 heteroatoms. The monoisotopic (exact) mass is 340 g/mol. The van der Waals surface area contributed by atoms with Crippen molar-refractivity contribution in [2.24, 2.45) is 5.92 Å². The van der Waals surface area contributed by atoms with Gasteiger partial charge in [-0.2, -0.15) is 0 Å². The highest BCUT2D eigenvalue weighted by Gasteiger charge is 2.41. The van der Waals surface area contributed by atoms with Crippen molar-refractivity contribution in [3.63, 3.8) is 0 Å². The highest BCUT2D eigenvalue weighted by molar-refractivity contribution is 5.14. The van der Waals surface area contributed by atoms with Crippen molar-refractivity contribution in [2.75, 3.05) is 0 Å². The van der Waals surface area contributed by atoms with E-state index in [-0.39, 0.29) is 30.3 Å². The van der Waals surface area contributed by atoms with Gasteiger partial charge in [-0.1, -0.05) is 67.6 Å². The van der Waals surface area contributed by atoms with E-state index in [9.17, 15) is 0 Å². The fourth-order valence-electron chi connectivity index (χ4n) is 3.38. The van der Waals surface area contributed by atoms with Crippen molar-refractivity contribution in [1.82, 2.24) is 0 Å². The third-order valence-corrected chi connectivity index (χ3v) is 5.04. The molecule has 25 heavy (non-hydrogen) atoms. The van der Waals surface area contributed by atoms with Crippen molar-refractivity contribution < 1.29 is 14.2 Å². The van der Waals surface area contributed by atoms with E-state index < -0.39 is 0 Å². The highest BCUT2D eigenvalue weighted by atomic mass is 16.6. The lowest BCUT2D eigenvalue weighted by molar-refractivity contribution is -0.223. The zero-order valence-corrected chi connectivity index (χ0v) is 15.3. The zero-order chi connectivity index (χ0) is 17.6. The van der Waals surface area contributed by atoms with E-state index in [1.165, 1.54) is 11.1 Å². The van der Waals surface area contributed by atoms with Crippen molar-refractivity contribution in [3.8, 4) is 0 Å². The van der Waals surface area contributed by atoms with Crippen LogP contribution in [0.5, 0.6) is 0 Å². The lowest BCUT2D eigenvalue weighted by Crippen LogP contribution is -2.53. The summed E-state index contributed by atoms with van der Waals surface area (Å²) in [5, 5.41) is 0. The SMILES string of the molecule is CC1OC(C)[C@@H](OCc2ccccc2)[C@H](OCc2ccccc2)C1C. The molecule has 134 valence electrons. The molecule has 1 aliphatic heterocycles. The molecule has 3 unspecified atom stereocenters. The predicted octanol–water partition coefficient (Wildman–Crippen LogP) is 4.60. The second kappa shape index (κ2) is 8.61. The van der Waals surface area contributed by atoms with Gasteiger partial charge in [-0.15, -0.1) is 0 Å². The molecule has 2 aromatic rings. The smallest absolute Gasteiger partial charge is 0.110 e. The molecule has 0 bridgehead atoms. The normalized spacial score (nSPS) is 29.5. The second-order valence-electron chi connectivity index (χ2n) is 6.93. The van der Waals surface area contributed by atoms with E-state index in [4.69, 9.17) is 14.2 Å². The second-order valence-corrected chi connectivity index (χ2v) is 6.93. The van der Waals surface area contributed by atoms with E-state index in [2.05, 4.69) is 45.0 Å². The quantitative estimate of drug-likeness (QED) is 0.769. The molecule has 0 saturated carbocycles. The highest BCUT2D eigenvalue weighted by Crippen LogP contribution is 2.31. The molecule has 1 fully saturated rings. The van der Waals surface area contributed by atoms with Crippen LogP contribution in [0.1, 0.15) is 31.9 Å². The van der Waals surface area contributed by atoms with Gasteiger partial charge in [0.25, 0.3) is 0 Å². The summed E-state index contributed by atoms with van der Waals surface area (Å²) >= 11 is 0. The van der Waals surface area contributed by atoms with Gasteiger partial charge < -0.3 is 14.2 Å². The first-order valence-electron chi connectivity index (χ1n) is 9.11. The van der Waals surface area contributed by atoms with Crippen LogP contribution in [0.3, 0.4) is 0 Å². The maximum absolute atomic E-state index is 6.32. The lowest BCUT2D eigenvalue weighted by Gasteiger charge is -2.43. The first kappa shape index (κ1) is 18.1. The van der Waals surface area contributed by atoms with Gasteiger partial charge in [-0.25, -0.2) is 0 Å². The molecular weight excluding hydrogens is 312 g/mol. The molecule has 0 N–H and O–H groups in total. The number of rotatable bonds is 6. The summed E-state index contributed by atoms with van der Waals surface area (Å²) in [6, 6.07) is 20.6. The number of hydrogen-bond donors (Lipinski definition) is 0. The minimum absolute atomic E-state index is 0.00989. The Hall–Kier alpha value is -1.68. The average molecular weight is 340 g/mol. The Balaban J connectivity index is 1.67. The van der Waals surface area contributed by atoms with Crippen LogP contribution in [0.15, 0.2) is 60.7 Å². The lowest BCUT2D eigenvalue weighted by atomic mass is 9.89. The van der Waals surface area contributed by atoms with E-state index in [1.54, 1.807) is 0 Å². The summed E-state index contributed by atoms with van der Waals surface area (Å²) in [4.78, 5) is 0. The Labute approximate surface area is 150 Å². The van der Waals surface area contributed by atoms with Gasteiger partial charge in [0, 0.05) is 5.92 Å². The molecule has 0 aromatic heterocycles. The third-order valence-electron chi connectivity index (χ3n) is 5.04. The van der Waals surface area contributed by atoms with Gasteiger partial charge in [-0.05, 0) is 25.0 Å². The summed E-state index contributed by atoms with van der Waals surface area (Å²) < 4.78 is 18.6. The van der Waals surface area contributed by atoms with Crippen LogP contribution in [0.25, 0.3) is 0 Å². The molecule has 0 radical (unpaired) electrons. The fraction of sp³-hybridized carbons (Fsp3) is 0.455. The van der Waals surface area contributed by atoms with Crippen LogP contribution in [-0.2, 0) is 27.4 Å². The van der Waals surface area contributed by atoms with E-state index in [1.807, 2.05) is 36.4 Å². The minimum Gasteiger partial charge on any atom is -0.372 e. The Morgan fingerprint density at radius 2 is 1.16 bits per heavy atom. The largest absolute Gasteiger partial charge is 0.372 e. The predicted molar refractivity (Wildman–Crippen MR) is 99.2 cm³/mol. The van der Waals surface area contributed by atoms with Gasteiger partial charge in [0.05, 0.1) is 31.5 Å². The van der Waals surface area contributed by atoms with Gasteiger partial charge in [0.2, 0.25) is 0 Å². The summed E-state index contributed by atoms with van der Waals surface area (Å²) in [5.74, 6) is 0.278. The Kier molecular flexibility index (Phi) is 6.24. The van der Waals surface area contributed by atoms with E-state index in [0.717, 1.165) is 0 Å². The van der Waals surface area contributed by atoms with Crippen molar-refractivity contribution in [2.45, 2.75) is 58.4 Å². The number of ether oxygens (including phenoxy) is 3. The number of benzene rings is 2. The van der Waals surface area contributed by atoms with Crippen LogP contribution < -0.4 is 0 Å². The van der Waals surface area contributed by atoms with Crippen molar-refractivity contribution in [1.29, 1.82) is 0 Å². The number of hydrogen-bond acceptors (Lipinski definition) is 3. The molecule has 3 nitrogen and oxygen atoms in total. The Bertz CT molecular complexity index is 628. The molecule has 1 saturated heterocycles. The minimum atomic E-state index is -0.0740. The molecular formula is C22H28O3. The standard InChI is InChI=1S/C22H28O3/c1-16-17(2)25-18(3)22(24-15-20-12-8-5-9-13-20)21(16)23-14-19-10-6-4-7-11-19/h4-13,16-18,21-22H,14-15H2,1-3H3/t16?,17?,18?,21-,22-/m1/s1. The maximum atomic E-state index is 6.32. The van der Waals surface area contributed by atoms with Gasteiger partial charge >= 0.3 is 0 Å². The molecule has 0 aliphatic carbocycles. The Morgan fingerprint density at radius 3 is 1.68 bits per heavy atom. The average Bonchev–Trinajstić information content (AvgIpc) is 2.64. The van der Waals surface area contributed by atoms with Gasteiger partial charge in [0.1, 0.15) is 6.10 Å². The summed E-state index contributed by atoms with van der Waals surface area (Å²) in [6.07, 6.45) is 0.112. The summed E-state index contributed by atoms with van der Waals surface area (Å²) in [5.41, 5.74) is 2.35.